The van der Waals surface area contributed by atoms with Gasteiger partial charge in [-0.05, 0) is 39.0 Å². The number of carbonyl (C=O) groups excluding carboxylic acids is 1. The number of hydrogen-bond donors (Lipinski definition) is 1. The lowest BCUT2D eigenvalue weighted by atomic mass is 9.93. The number of aliphatic carboxylic acids is 1. The van der Waals surface area contributed by atoms with E-state index >= 15 is 0 Å². The molecule has 1 atom stereocenters. The van der Waals surface area contributed by atoms with Gasteiger partial charge in [0.1, 0.15) is 5.60 Å². The molecule has 1 N–H and O–H groups in total. The van der Waals surface area contributed by atoms with Crippen LogP contribution in [0.3, 0.4) is 0 Å². The van der Waals surface area contributed by atoms with Gasteiger partial charge in [0.05, 0.1) is 6.42 Å². The van der Waals surface area contributed by atoms with Crippen LogP contribution in [0.2, 0.25) is 0 Å². The van der Waals surface area contributed by atoms with E-state index in [1.165, 1.54) is 0 Å². The number of allylic oxidation sites excluding steroid dienone is 1. The monoisotopic (exact) mass is 256 g/mol. The second kappa shape index (κ2) is 7.19. The quantitative estimate of drug-likeness (QED) is 0.586. The predicted molar refractivity (Wildman–Crippen MR) is 70.2 cm³/mol. The Bertz CT molecular complexity index is 310. The van der Waals surface area contributed by atoms with Crippen molar-refractivity contribution in [1.29, 1.82) is 0 Å². The van der Waals surface area contributed by atoms with Crippen LogP contribution in [0, 0.1) is 11.8 Å². The summed E-state index contributed by atoms with van der Waals surface area (Å²) in [6, 6.07) is 0. The van der Waals surface area contributed by atoms with Gasteiger partial charge in [0, 0.05) is 6.08 Å². The zero-order valence-electron chi connectivity index (χ0n) is 11.9. The number of carboxylic acid groups (broad SMARTS) is 1. The van der Waals surface area contributed by atoms with Crippen molar-refractivity contribution in [3.8, 4) is 0 Å². The molecule has 0 radical (unpaired) electrons. The van der Waals surface area contributed by atoms with Crippen molar-refractivity contribution in [2.75, 3.05) is 0 Å². The molecule has 0 aliphatic carbocycles. The van der Waals surface area contributed by atoms with Crippen LogP contribution in [0.4, 0.5) is 0 Å². The lowest BCUT2D eigenvalue weighted by molar-refractivity contribution is -0.155. The molecule has 104 valence electrons. The standard InChI is InChI=1S/C14H24O4/c1-10(2)8-11(6-7-12(15)16)9-13(17)18-14(3,4)5/h6-7,10-11H,8-9H2,1-5H3,(H,15,16)/b7-6+/t11-/m1/s1. The van der Waals surface area contributed by atoms with Gasteiger partial charge in [-0.3, -0.25) is 4.79 Å². The molecule has 0 aromatic heterocycles. The fourth-order valence-electron chi connectivity index (χ4n) is 1.65. The van der Waals surface area contributed by atoms with Gasteiger partial charge >= 0.3 is 11.9 Å². The third-order valence-corrected chi connectivity index (χ3v) is 2.13. The molecule has 0 unspecified atom stereocenters. The van der Waals surface area contributed by atoms with E-state index < -0.39 is 11.6 Å². The average Bonchev–Trinajstić information content (AvgIpc) is 2.09. The molecule has 0 saturated heterocycles. The van der Waals surface area contributed by atoms with Crippen LogP contribution in [-0.2, 0) is 14.3 Å². The van der Waals surface area contributed by atoms with E-state index in [0.29, 0.717) is 5.92 Å². The molecule has 4 heteroatoms. The van der Waals surface area contributed by atoms with Gasteiger partial charge in [0.15, 0.2) is 0 Å². The summed E-state index contributed by atoms with van der Waals surface area (Å²) < 4.78 is 5.24. The van der Waals surface area contributed by atoms with Crippen LogP contribution in [0.5, 0.6) is 0 Å². The van der Waals surface area contributed by atoms with E-state index in [1.54, 1.807) is 6.08 Å². The lowest BCUT2D eigenvalue weighted by Crippen LogP contribution is -2.25. The molecule has 0 rings (SSSR count). The van der Waals surface area contributed by atoms with Crippen molar-refractivity contribution in [1.82, 2.24) is 0 Å². The van der Waals surface area contributed by atoms with Crippen LogP contribution in [0.1, 0.15) is 47.5 Å². The fraction of sp³-hybridized carbons (Fsp3) is 0.714. The topological polar surface area (TPSA) is 63.6 Å². The first-order chi connectivity index (χ1) is 8.10. The van der Waals surface area contributed by atoms with Crippen LogP contribution in [0.25, 0.3) is 0 Å². The summed E-state index contributed by atoms with van der Waals surface area (Å²) in [6.45, 7) is 9.52. The van der Waals surface area contributed by atoms with Gasteiger partial charge in [-0.2, -0.15) is 0 Å². The number of esters is 1. The summed E-state index contributed by atoms with van der Waals surface area (Å²) in [5.74, 6) is -0.969. The first kappa shape index (κ1) is 16.7. The minimum absolute atomic E-state index is 0.0871. The van der Waals surface area contributed by atoms with Gasteiger partial charge in [0.2, 0.25) is 0 Å². The first-order valence-corrected chi connectivity index (χ1v) is 6.23. The predicted octanol–water partition coefficient (Wildman–Crippen LogP) is 3.02. The molecular weight excluding hydrogens is 232 g/mol. The highest BCUT2D eigenvalue weighted by Gasteiger charge is 2.20. The molecule has 0 spiro atoms. The van der Waals surface area contributed by atoms with Gasteiger partial charge in [-0.25, -0.2) is 4.79 Å². The fourth-order valence-corrected chi connectivity index (χ4v) is 1.65. The summed E-state index contributed by atoms with van der Waals surface area (Å²) >= 11 is 0. The zero-order valence-corrected chi connectivity index (χ0v) is 11.9. The average molecular weight is 256 g/mol. The molecule has 0 aliphatic rings. The van der Waals surface area contributed by atoms with Crippen molar-refractivity contribution >= 4 is 11.9 Å². The highest BCUT2D eigenvalue weighted by Crippen LogP contribution is 2.19. The maximum absolute atomic E-state index is 11.7. The SMILES string of the molecule is CC(C)C[C@@H](/C=C/C(=O)O)CC(=O)OC(C)(C)C. The van der Waals surface area contributed by atoms with E-state index in [0.717, 1.165) is 12.5 Å². The minimum atomic E-state index is -0.993. The number of rotatable bonds is 6. The summed E-state index contributed by atoms with van der Waals surface area (Å²) in [6.07, 6.45) is 3.66. The van der Waals surface area contributed by atoms with Gasteiger partial charge < -0.3 is 9.84 Å². The zero-order chi connectivity index (χ0) is 14.3. The van der Waals surface area contributed by atoms with Crippen LogP contribution in [0.15, 0.2) is 12.2 Å². The molecule has 0 amide bonds. The number of hydrogen-bond acceptors (Lipinski definition) is 3. The lowest BCUT2D eigenvalue weighted by Gasteiger charge is -2.21. The molecule has 0 aliphatic heterocycles. The second-order valence-electron chi connectivity index (χ2n) is 5.88. The number of carbonyl (C=O) groups is 2. The molecule has 0 fully saturated rings. The maximum atomic E-state index is 11.7. The van der Waals surface area contributed by atoms with E-state index in [2.05, 4.69) is 0 Å². The summed E-state index contributed by atoms with van der Waals surface area (Å²) in [5, 5.41) is 8.61. The highest BCUT2D eigenvalue weighted by molar-refractivity contribution is 5.80. The Morgan fingerprint density at radius 1 is 1.28 bits per heavy atom. The molecule has 0 heterocycles. The minimum Gasteiger partial charge on any atom is -0.478 e. The number of ether oxygens (including phenoxy) is 1. The summed E-state index contributed by atoms with van der Waals surface area (Å²) in [4.78, 5) is 22.2. The molecule has 0 bridgehead atoms. The Morgan fingerprint density at radius 2 is 1.83 bits per heavy atom. The van der Waals surface area contributed by atoms with Crippen molar-refractivity contribution in [2.45, 2.75) is 53.1 Å². The molecule has 0 aromatic rings. The first-order valence-electron chi connectivity index (χ1n) is 6.23. The Morgan fingerprint density at radius 3 is 2.22 bits per heavy atom. The molecule has 0 saturated carbocycles. The Labute approximate surface area is 109 Å². The Kier molecular flexibility index (Phi) is 6.66. The molecule has 0 aromatic carbocycles. The smallest absolute Gasteiger partial charge is 0.327 e. The van der Waals surface area contributed by atoms with Crippen molar-refractivity contribution in [2.24, 2.45) is 11.8 Å². The van der Waals surface area contributed by atoms with Crippen LogP contribution >= 0.6 is 0 Å². The van der Waals surface area contributed by atoms with E-state index in [9.17, 15) is 9.59 Å². The third kappa shape index (κ3) is 9.87. The van der Waals surface area contributed by atoms with Crippen LogP contribution < -0.4 is 0 Å². The highest BCUT2D eigenvalue weighted by atomic mass is 16.6. The van der Waals surface area contributed by atoms with Crippen molar-refractivity contribution in [3.05, 3.63) is 12.2 Å². The van der Waals surface area contributed by atoms with E-state index in [1.807, 2.05) is 34.6 Å². The second-order valence-corrected chi connectivity index (χ2v) is 5.88. The summed E-state index contributed by atoms with van der Waals surface area (Å²) in [7, 11) is 0. The number of carboxylic acids is 1. The summed E-state index contributed by atoms with van der Waals surface area (Å²) in [5.41, 5.74) is -0.504. The van der Waals surface area contributed by atoms with E-state index in [-0.39, 0.29) is 18.3 Å². The maximum Gasteiger partial charge on any atom is 0.327 e. The van der Waals surface area contributed by atoms with E-state index in [4.69, 9.17) is 9.84 Å². The van der Waals surface area contributed by atoms with Crippen molar-refractivity contribution in [3.63, 3.8) is 0 Å². The molecule has 18 heavy (non-hydrogen) atoms. The van der Waals surface area contributed by atoms with Gasteiger partial charge in [0.25, 0.3) is 0 Å². The normalized spacial score (nSPS) is 13.9. The Hall–Kier alpha value is -1.32. The molecule has 4 nitrogen and oxygen atoms in total. The van der Waals surface area contributed by atoms with Crippen LogP contribution in [-0.4, -0.2) is 22.6 Å². The molecular formula is C14H24O4. The Balaban J connectivity index is 4.49. The van der Waals surface area contributed by atoms with Gasteiger partial charge in [-0.1, -0.05) is 19.9 Å². The van der Waals surface area contributed by atoms with Gasteiger partial charge in [-0.15, -0.1) is 0 Å². The third-order valence-electron chi connectivity index (χ3n) is 2.13. The largest absolute Gasteiger partial charge is 0.478 e. The van der Waals surface area contributed by atoms with Crippen molar-refractivity contribution < 1.29 is 19.4 Å².